The molecule has 0 aliphatic carbocycles. The molecule has 0 saturated heterocycles. The van der Waals surface area contributed by atoms with Crippen LogP contribution in [0.4, 0.5) is 8.78 Å². The van der Waals surface area contributed by atoms with Gasteiger partial charge in [-0.05, 0) is 25.0 Å². The van der Waals surface area contributed by atoms with Crippen LogP contribution < -0.4 is 0 Å². The van der Waals surface area contributed by atoms with E-state index in [-0.39, 0.29) is 5.83 Å². The Balaban J connectivity index is 3.91. The Hall–Kier alpha value is -0.660. The molecular weight excluding hydrogens is 134 g/mol. The lowest BCUT2D eigenvalue weighted by atomic mass is 10.3. The average molecular weight is 146 g/mol. The van der Waals surface area contributed by atoms with Gasteiger partial charge in [-0.1, -0.05) is 13.0 Å². The quantitative estimate of drug-likeness (QED) is 0.536. The first-order chi connectivity index (χ1) is 4.70. The molecule has 0 fully saturated rings. The van der Waals surface area contributed by atoms with Gasteiger partial charge in [0.15, 0.2) is 0 Å². The summed E-state index contributed by atoms with van der Waals surface area (Å²) in [7, 11) is 0. The van der Waals surface area contributed by atoms with Crippen molar-refractivity contribution in [2.24, 2.45) is 0 Å². The van der Waals surface area contributed by atoms with Gasteiger partial charge < -0.3 is 0 Å². The van der Waals surface area contributed by atoms with Gasteiger partial charge in [0, 0.05) is 0 Å². The van der Waals surface area contributed by atoms with Crippen LogP contribution in [-0.2, 0) is 0 Å². The van der Waals surface area contributed by atoms with Gasteiger partial charge in [-0.2, -0.15) is 0 Å². The van der Waals surface area contributed by atoms with Crippen LogP contribution >= 0.6 is 0 Å². The van der Waals surface area contributed by atoms with Crippen molar-refractivity contribution in [3.05, 3.63) is 23.6 Å². The molecule has 0 atom stereocenters. The summed E-state index contributed by atoms with van der Waals surface area (Å²) in [5, 5.41) is 0. The van der Waals surface area contributed by atoms with Crippen LogP contribution in [-0.4, -0.2) is 6.67 Å². The van der Waals surface area contributed by atoms with Gasteiger partial charge >= 0.3 is 0 Å². The Morgan fingerprint density at radius 2 is 2.00 bits per heavy atom. The molecule has 2 heteroatoms. The van der Waals surface area contributed by atoms with Crippen LogP contribution in [0.15, 0.2) is 23.6 Å². The number of hydrogen-bond donors (Lipinski definition) is 0. The molecule has 10 heavy (non-hydrogen) atoms. The first-order valence-corrected chi connectivity index (χ1v) is 3.28. The van der Waals surface area contributed by atoms with Crippen LogP contribution in [0, 0.1) is 0 Å². The van der Waals surface area contributed by atoms with Crippen LogP contribution in [0.25, 0.3) is 0 Å². The predicted molar refractivity (Wildman–Crippen MR) is 39.2 cm³/mol. The van der Waals surface area contributed by atoms with E-state index in [1.807, 2.05) is 0 Å². The first-order valence-electron chi connectivity index (χ1n) is 3.28. The second-order valence-corrected chi connectivity index (χ2v) is 2.11. The van der Waals surface area contributed by atoms with E-state index >= 15 is 0 Å². The topological polar surface area (TPSA) is 0 Å². The lowest BCUT2D eigenvalue weighted by Crippen LogP contribution is -1.75. The fourth-order valence-corrected chi connectivity index (χ4v) is 0.395. The van der Waals surface area contributed by atoms with E-state index < -0.39 is 6.67 Å². The molecule has 0 N–H and O–H groups in total. The number of halogens is 2. The van der Waals surface area contributed by atoms with Crippen molar-refractivity contribution in [2.45, 2.75) is 20.3 Å². The molecule has 0 nitrogen and oxygen atoms in total. The fourth-order valence-electron chi connectivity index (χ4n) is 0.395. The van der Waals surface area contributed by atoms with Gasteiger partial charge in [-0.15, -0.1) is 0 Å². The Bertz CT molecular complexity index is 127. The van der Waals surface area contributed by atoms with E-state index in [1.54, 1.807) is 13.8 Å². The fraction of sp³-hybridized carbons (Fsp3) is 0.500. The van der Waals surface area contributed by atoms with E-state index in [2.05, 4.69) is 0 Å². The highest BCUT2D eigenvalue weighted by Crippen LogP contribution is 2.03. The van der Waals surface area contributed by atoms with Crippen molar-refractivity contribution in [1.29, 1.82) is 0 Å². The smallest absolute Gasteiger partial charge is 0.111 e. The lowest BCUT2D eigenvalue weighted by molar-refractivity contribution is 0.543. The zero-order chi connectivity index (χ0) is 7.98. The van der Waals surface area contributed by atoms with E-state index in [1.165, 1.54) is 12.2 Å². The molecule has 0 rings (SSSR count). The molecule has 0 saturated carbocycles. The van der Waals surface area contributed by atoms with Gasteiger partial charge in [0.25, 0.3) is 0 Å². The summed E-state index contributed by atoms with van der Waals surface area (Å²) in [6.07, 6.45) is 3.13. The van der Waals surface area contributed by atoms with E-state index in [4.69, 9.17) is 0 Å². The maximum Gasteiger partial charge on any atom is 0.111 e. The molecule has 0 bridgehead atoms. The van der Waals surface area contributed by atoms with Gasteiger partial charge in [-0.3, -0.25) is 0 Å². The maximum absolute atomic E-state index is 12.3. The molecular formula is C8H12F2. The predicted octanol–water partition coefficient (Wildman–Crippen LogP) is 3.17. The van der Waals surface area contributed by atoms with Gasteiger partial charge in [0.05, 0.1) is 5.83 Å². The summed E-state index contributed by atoms with van der Waals surface area (Å²) < 4.78 is 24.0. The third-order valence-electron chi connectivity index (χ3n) is 1.10. The maximum atomic E-state index is 12.3. The van der Waals surface area contributed by atoms with Gasteiger partial charge in [0.1, 0.15) is 6.67 Å². The highest BCUT2D eigenvalue weighted by Gasteiger charge is 1.86. The summed E-state index contributed by atoms with van der Waals surface area (Å²) in [5.41, 5.74) is 0.545. The van der Waals surface area contributed by atoms with Crippen LogP contribution in [0.1, 0.15) is 20.3 Å². The molecule has 0 aromatic carbocycles. The van der Waals surface area contributed by atoms with E-state index in [0.717, 1.165) is 0 Å². The minimum absolute atomic E-state index is 0.215. The highest BCUT2D eigenvalue weighted by atomic mass is 19.1. The average Bonchev–Trinajstić information content (AvgIpc) is 1.99. The van der Waals surface area contributed by atoms with Crippen molar-refractivity contribution in [1.82, 2.24) is 0 Å². The van der Waals surface area contributed by atoms with E-state index in [0.29, 0.717) is 12.0 Å². The molecule has 58 valence electrons. The molecule has 0 aliphatic rings. The molecule has 0 aromatic rings. The summed E-state index contributed by atoms with van der Waals surface area (Å²) >= 11 is 0. The molecule has 0 spiro atoms. The number of rotatable bonds is 3. The first kappa shape index (κ1) is 9.34. The minimum Gasteiger partial charge on any atom is -0.246 e. The van der Waals surface area contributed by atoms with Crippen LogP contribution in [0.2, 0.25) is 0 Å². The SMILES string of the molecule is CC/C(F)=C\C=C(\C)CF. The zero-order valence-corrected chi connectivity index (χ0v) is 6.32. The number of hydrogen-bond acceptors (Lipinski definition) is 0. The van der Waals surface area contributed by atoms with Crippen molar-refractivity contribution in [2.75, 3.05) is 6.67 Å². The summed E-state index contributed by atoms with van der Waals surface area (Å²) in [4.78, 5) is 0. The standard InChI is InChI=1S/C8H12F2/c1-3-8(10)5-4-7(2)6-9/h4-5H,3,6H2,1-2H3/b7-4-,8-5+. The minimum atomic E-state index is -0.506. The molecule has 0 radical (unpaired) electrons. The Kier molecular flexibility index (Phi) is 4.81. The third-order valence-corrected chi connectivity index (χ3v) is 1.10. The second kappa shape index (κ2) is 5.15. The largest absolute Gasteiger partial charge is 0.246 e. The Morgan fingerprint density at radius 1 is 1.40 bits per heavy atom. The molecule has 0 aliphatic heterocycles. The molecule has 0 unspecified atom stereocenters. The second-order valence-electron chi connectivity index (χ2n) is 2.11. The summed E-state index contributed by atoms with van der Waals surface area (Å²) in [6, 6.07) is 0. The number of allylic oxidation sites excluding steroid dienone is 4. The molecule has 0 heterocycles. The van der Waals surface area contributed by atoms with E-state index in [9.17, 15) is 8.78 Å². The van der Waals surface area contributed by atoms with Crippen molar-refractivity contribution < 1.29 is 8.78 Å². The highest BCUT2D eigenvalue weighted by molar-refractivity contribution is 5.12. The number of alkyl halides is 1. The van der Waals surface area contributed by atoms with Crippen molar-refractivity contribution in [3.63, 3.8) is 0 Å². The Morgan fingerprint density at radius 3 is 2.40 bits per heavy atom. The molecule has 0 amide bonds. The zero-order valence-electron chi connectivity index (χ0n) is 6.32. The van der Waals surface area contributed by atoms with Crippen LogP contribution in [0.3, 0.4) is 0 Å². The van der Waals surface area contributed by atoms with Gasteiger partial charge in [-0.25, -0.2) is 8.78 Å². The summed E-state index contributed by atoms with van der Waals surface area (Å²) in [5.74, 6) is -0.215. The normalized spacial score (nSPS) is 14.0. The van der Waals surface area contributed by atoms with Crippen LogP contribution in [0.5, 0.6) is 0 Å². The summed E-state index contributed by atoms with van der Waals surface area (Å²) in [6.45, 7) is 2.83. The monoisotopic (exact) mass is 146 g/mol. The Labute approximate surface area is 60.2 Å². The third kappa shape index (κ3) is 4.24. The van der Waals surface area contributed by atoms with Crippen molar-refractivity contribution in [3.8, 4) is 0 Å². The van der Waals surface area contributed by atoms with Crippen molar-refractivity contribution >= 4 is 0 Å². The lowest BCUT2D eigenvalue weighted by Gasteiger charge is -1.88. The van der Waals surface area contributed by atoms with Gasteiger partial charge in [0.2, 0.25) is 0 Å². The molecule has 0 aromatic heterocycles.